The summed E-state index contributed by atoms with van der Waals surface area (Å²) >= 11 is 1.87. The topological polar surface area (TPSA) is 28.2 Å². The molecule has 3 nitrogen and oxygen atoms in total. The Balaban J connectivity index is 1.73. The molecular weight excluding hydrogens is 314 g/mol. The van der Waals surface area contributed by atoms with E-state index in [1.54, 1.807) is 0 Å². The molecule has 0 saturated carbocycles. The number of nitrogens with zero attached hydrogens (tertiary/aromatic N) is 2. The summed E-state index contributed by atoms with van der Waals surface area (Å²) in [6.07, 6.45) is 2.28. The summed E-state index contributed by atoms with van der Waals surface area (Å²) in [5, 5.41) is 5.81. The number of fused-ring (bicyclic) bond motifs is 1. The summed E-state index contributed by atoms with van der Waals surface area (Å²) in [6, 6.07) is 4.51. The lowest BCUT2D eigenvalue weighted by molar-refractivity contribution is 0.389. The van der Waals surface area contributed by atoms with Crippen LogP contribution in [0.5, 0.6) is 0 Å². The fourth-order valence-corrected chi connectivity index (χ4v) is 4.18. The van der Waals surface area contributed by atoms with Gasteiger partial charge in [0.05, 0.1) is 17.9 Å². The minimum Gasteiger partial charge on any atom is -0.383 e. The van der Waals surface area contributed by atoms with Gasteiger partial charge in [-0.1, -0.05) is 20.8 Å². The lowest BCUT2D eigenvalue weighted by Gasteiger charge is -2.29. The molecule has 0 radical (unpaired) electrons. The van der Waals surface area contributed by atoms with E-state index in [1.165, 1.54) is 21.7 Å². The van der Waals surface area contributed by atoms with E-state index in [9.17, 15) is 0 Å². The molecule has 4 heteroatoms. The lowest BCUT2D eigenvalue weighted by Crippen LogP contribution is -2.30. The average Bonchev–Trinajstić information content (AvgIpc) is 2.96. The third kappa shape index (κ3) is 3.92. The third-order valence-electron chi connectivity index (χ3n) is 4.71. The van der Waals surface area contributed by atoms with Crippen molar-refractivity contribution in [3.8, 4) is 0 Å². The Morgan fingerprint density at radius 2 is 2.08 bits per heavy atom. The molecule has 1 aliphatic rings. The predicted octanol–water partition coefficient (Wildman–Crippen LogP) is 5.17. The highest BCUT2D eigenvalue weighted by Crippen LogP contribution is 2.30. The van der Waals surface area contributed by atoms with Gasteiger partial charge in [-0.3, -0.25) is 0 Å². The van der Waals surface area contributed by atoms with E-state index < -0.39 is 0 Å². The van der Waals surface area contributed by atoms with E-state index in [1.807, 2.05) is 11.3 Å². The van der Waals surface area contributed by atoms with E-state index in [-0.39, 0.29) is 0 Å². The number of anilines is 2. The second kappa shape index (κ2) is 6.75. The van der Waals surface area contributed by atoms with E-state index in [0.29, 0.717) is 5.41 Å². The fraction of sp³-hybridized carbons (Fsp3) is 0.550. The van der Waals surface area contributed by atoms with Gasteiger partial charge in [-0.15, -0.1) is 11.3 Å². The van der Waals surface area contributed by atoms with Crippen LogP contribution < -0.4 is 10.2 Å². The molecule has 0 aliphatic carbocycles. The maximum absolute atomic E-state index is 4.90. The largest absolute Gasteiger partial charge is 0.383 e. The smallest absolute Gasteiger partial charge is 0.129 e. The number of aromatic nitrogens is 1. The molecule has 0 unspecified atom stereocenters. The first-order valence-corrected chi connectivity index (χ1v) is 9.74. The molecule has 1 aliphatic heterocycles. The summed E-state index contributed by atoms with van der Waals surface area (Å²) in [5.74, 6) is 1.12. The van der Waals surface area contributed by atoms with Gasteiger partial charge in [-0.2, -0.15) is 0 Å². The number of rotatable bonds is 4. The van der Waals surface area contributed by atoms with Crippen molar-refractivity contribution in [1.82, 2.24) is 4.98 Å². The number of thiophene rings is 1. The van der Waals surface area contributed by atoms with Gasteiger partial charge >= 0.3 is 0 Å². The van der Waals surface area contributed by atoms with Crippen molar-refractivity contribution in [2.75, 3.05) is 23.3 Å². The number of nitrogens with one attached hydrogen (secondary N) is 1. The van der Waals surface area contributed by atoms with Gasteiger partial charge in [0.25, 0.3) is 0 Å². The second-order valence-corrected chi connectivity index (χ2v) is 9.04. The molecule has 1 N–H and O–H groups in total. The Kier molecular flexibility index (Phi) is 4.86. The van der Waals surface area contributed by atoms with Crippen LogP contribution in [-0.4, -0.2) is 18.1 Å². The number of hydrogen-bond donors (Lipinski definition) is 1. The van der Waals surface area contributed by atoms with Crippen molar-refractivity contribution in [3.05, 3.63) is 39.2 Å². The van der Waals surface area contributed by atoms with Crippen LogP contribution in [0.3, 0.4) is 0 Å². The molecule has 0 aromatic carbocycles. The normalized spacial score (nSPS) is 14.6. The minimum atomic E-state index is 0.356. The summed E-state index contributed by atoms with van der Waals surface area (Å²) in [5.41, 5.74) is 5.48. The van der Waals surface area contributed by atoms with Crippen molar-refractivity contribution in [3.63, 3.8) is 0 Å². The molecule has 3 heterocycles. The standard InChI is InChI=1S/C20H29N3S/c1-14-12-18(23-10-6-16-7-11-24-17(16)13-23)22-15(2)19(14)21-9-8-20(3,4)5/h7,11-12,21H,6,8-10,13H2,1-5H3. The van der Waals surface area contributed by atoms with Crippen LogP contribution in [0.2, 0.25) is 0 Å². The summed E-state index contributed by atoms with van der Waals surface area (Å²) in [6.45, 7) is 14.2. The Hall–Kier alpha value is -1.55. The zero-order valence-electron chi connectivity index (χ0n) is 15.6. The molecule has 0 bridgehead atoms. The zero-order chi connectivity index (χ0) is 17.3. The molecule has 2 aromatic heterocycles. The second-order valence-electron chi connectivity index (χ2n) is 8.04. The highest BCUT2D eigenvalue weighted by Gasteiger charge is 2.20. The minimum absolute atomic E-state index is 0.356. The van der Waals surface area contributed by atoms with Crippen LogP contribution in [0.15, 0.2) is 17.5 Å². The van der Waals surface area contributed by atoms with Gasteiger partial charge in [0.1, 0.15) is 5.82 Å². The molecule has 3 rings (SSSR count). The van der Waals surface area contributed by atoms with E-state index in [4.69, 9.17) is 4.98 Å². The van der Waals surface area contributed by atoms with Gasteiger partial charge in [-0.25, -0.2) is 4.98 Å². The lowest BCUT2D eigenvalue weighted by atomic mass is 9.92. The Bertz CT molecular complexity index is 689. The first-order chi connectivity index (χ1) is 11.3. The fourth-order valence-electron chi connectivity index (χ4n) is 3.23. The van der Waals surface area contributed by atoms with Crippen LogP contribution in [0, 0.1) is 19.3 Å². The number of pyridine rings is 1. The average molecular weight is 344 g/mol. The van der Waals surface area contributed by atoms with E-state index >= 15 is 0 Å². The van der Waals surface area contributed by atoms with Crippen molar-refractivity contribution in [2.24, 2.45) is 5.41 Å². The molecule has 0 spiro atoms. The van der Waals surface area contributed by atoms with Gasteiger partial charge < -0.3 is 10.2 Å². The summed E-state index contributed by atoms with van der Waals surface area (Å²) in [7, 11) is 0. The van der Waals surface area contributed by atoms with Gasteiger partial charge in [0.15, 0.2) is 0 Å². The number of hydrogen-bond acceptors (Lipinski definition) is 4. The number of aryl methyl sites for hydroxylation is 2. The Morgan fingerprint density at radius 1 is 1.29 bits per heavy atom. The molecule has 0 saturated heterocycles. The van der Waals surface area contributed by atoms with Crippen LogP contribution in [-0.2, 0) is 13.0 Å². The van der Waals surface area contributed by atoms with Crippen LogP contribution in [0.4, 0.5) is 11.5 Å². The molecule has 0 atom stereocenters. The maximum Gasteiger partial charge on any atom is 0.129 e. The summed E-state index contributed by atoms with van der Waals surface area (Å²) < 4.78 is 0. The molecule has 2 aromatic rings. The van der Waals surface area contributed by atoms with Crippen molar-refractivity contribution < 1.29 is 0 Å². The Labute approximate surface area is 150 Å². The monoisotopic (exact) mass is 343 g/mol. The van der Waals surface area contributed by atoms with E-state index in [2.05, 4.69) is 62.3 Å². The SMILES string of the molecule is Cc1cc(N2CCc3ccsc3C2)nc(C)c1NCCC(C)(C)C. The van der Waals surface area contributed by atoms with Gasteiger partial charge in [0, 0.05) is 18.0 Å². The van der Waals surface area contributed by atoms with Crippen molar-refractivity contribution in [2.45, 2.75) is 54.0 Å². The van der Waals surface area contributed by atoms with E-state index in [0.717, 1.165) is 44.0 Å². The highest BCUT2D eigenvalue weighted by molar-refractivity contribution is 7.10. The van der Waals surface area contributed by atoms with Gasteiger partial charge in [-0.05, 0) is 60.7 Å². The van der Waals surface area contributed by atoms with Crippen LogP contribution in [0.25, 0.3) is 0 Å². The Morgan fingerprint density at radius 3 is 2.79 bits per heavy atom. The maximum atomic E-state index is 4.90. The van der Waals surface area contributed by atoms with Crippen molar-refractivity contribution in [1.29, 1.82) is 0 Å². The molecule has 0 amide bonds. The van der Waals surface area contributed by atoms with Crippen LogP contribution in [0.1, 0.15) is 48.9 Å². The molecule has 0 fully saturated rings. The molecule has 130 valence electrons. The predicted molar refractivity (Wildman–Crippen MR) is 105 cm³/mol. The van der Waals surface area contributed by atoms with Crippen LogP contribution >= 0.6 is 11.3 Å². The zero-order valence-corrected chi connectivity index (χ0v) is 16.4. The van der Waals surface area contributed by atoms with Gasteiger partial charge in [0.2, 0.25) is 0 Å². The molecular formula is C20H29N3S. The first-order valence-electron chi connectivity index (χ1n) is 8.86. The quantitative estimate of drug-likeness (QED) is 0.830. The summed E-state index contributed by atoms with van der Waals surface area (Å²) in [4.78, 5) is 8.80. The van der Waals surface area contributed by atoms with Crippen molar-refractivity contribution >= 4 is 22.8 Å². The first kappa shape index (κ1) is 17.3. The molecule has 24 heavy (non-hydrogen) atoms. The highest BCUT2D eigenvalue weighted by atomic mass is 32.1. The third-order valence-corrected chi connectivity index (χ3v) is 5.66.